The molecule has 152 valence electrons. The molecule has 0 spiro atoms. The van der Waals surface area contributed by atoms with Crippen molar-refractivity contribution in [2.45, 2.75) is 6.61 Å². The fraction of sp³-hybridized carbons (Fsp3) is 0.0500. The van der Waals surface area contributed by atoms with Crippen LogP contribution >= 0.6 is 15.9 Å². The highest BCUT2D eigenvalue weighted by atomic mass is 79.9. The lowest BCUT2D eigenvalue weighted by molar-refractivity contribution is -0.393. The van der Waals surface area contributed by atoms with E-state index in [9.17, 15) is 20.2 Å². The summed E-state index contributed by atoms with van der Waals surface area (Å²) in [5.74, 6) is 0.689. The molecule has 0 atom stereocenters. The highest BCUT2D eigenvalue weighted by Gasteiger charge is 2.19. The Morgan fingerprint density at radius 1 is 0.967 bits per heavy atom. The molecular formula is C20H15BrN4O5. The van der Waals surface area contributed by atoms with Gasteiger partial charge in [-0.2, -0.15) is 5.10 Å². The van der Waals surface area contributed by atoms with Crippen LogP contribution < -0.4 is 10.2 Å². The van der Waals surface area contributed by atoms with E-state index < -0.39 is 15.5 Å². The van der Waals surface area contributed by atoms with Gasteiger partial charge in [-0.15, -0.1) is 0 Å². The van der Waals surface area contributed by atoms with Crippen LogP contribution in [-0.2, 0) is 6.61 Å². The topological polar surface area (TPSA) is 120 Å². The number of hydrogen-bond acceptors (Lipinski definition) is 7. The third-order valence-corrected chi connectivity index (χ3v) is 4.51. The van der Waals surface area contributed by atoms with Gasteiger partial charge in [0.25, 0.3) is 5.69 Å². The van der Waals surface area contributed by atoms with Gasteiger partial charge in [0.05, 0.1) is 22.1 Å². The van der Waals surface area contributed by atoms with E-state index in [-0.39, 0.29) is 11.4 Å². The number of halogens is 1. The predicted octanol–water partition coefficient (Wildman–Crippen LogP) is 5.29. The number of non-ortho nitro benzene ring substituents is 1. The fourth-order valence-electron chi connectivity index (χ4n) is 2.45. The Morgan fingerprint density at radius 2 is 1.67 bits per heavy atom. The molecule has 1 N–H and O–H groups in total. The predicted molar refractivity (Wildman–Crippen MR) is 116 cm³/mol. The van der Waals surface area contributed by atoms with E-state index in [4.69, 9.17) is 4.74 Å². The second kappa shape index (κ2) is 9.61. The van der Waals surface area contributed by atoms with Gasteiger partial charge in [-0.05, 0) is 53.6 Å². The molecule has 0 amide bonds. The Bertz CT molecular complexity index is 1090. The molecule has 10 heteroatoms. The summed E-state index contributed by atoms with van der Waals surface area (Å²) < 4.78 is 6.73. The lowest BCUT2D eigenvalue weighted by Gasteiger charge is -2.06. The molecule has 0 heterocycles. The van der Waals surface area contributed by atoms with Crippen LogP contribution in [0.4, 0.5) is 17.1 Å². The Balaban J connectivity index is 1.61. The average Bonchev–Trinajstić information content (AvgIpc) is 2.74. The highest BCUT2D eigenvalue weighted by molar-refractivity contribution is 9.10. The van der Waals surface area contributed by atoms with E-state index in [1.807, 2.05) is 24.3 Å². The zero-order valence-electron chi connectivity index (χ0n) is 15.4. The first kappa shape index (κ1) is 20.9. The molecule has 0 aliphatic heterocycles. The van der Waals surface area contributed by atoms with E-state index >= 15 is 0 Å². The summed E-state index contributed by atoms with van der Waals surface area (Å²) in [5, 5.41) is 25.9. The first-order chi connectivity index (χ1) is 14.4. The molecule has 9 nitrogen and oxygen atoms in total. The molecule has 30 heavy (non-hydrogen) atoms. The van der Waals surface area contributed by atoms with Crippen LogP contribution in [0.25, 0.3) is 0 Å². The van der Waals surface area contributed by atoms with Crippen molar-refractivity contribution >= 4 is 39.2 Å². The smallest absolute Gasteiger partial charge is 0.301 e. The van der Waals surface area contributed by atoms with Crippen LogP contribution in [0.15, 0.2) is 76.3 Å². The van der Waals surface area contributed by atoms with Crippen LogP contribution in [0.1, 0.15) is 11.1 Å². The lowest BCUT2D eigenvalue weighted by Crippen LogP contribution is -1.99. The van der Waals surface area contributed by atoms with E-state index in [1.165, 1.54) is 18.3 Å². The largest absolute Gasteiger partial charge is 0.489 e. The number of nitrogens with one attached hydrogen (secondary N) is 1. The maximum Gasteiger partial charge on any atom is 0.301 e. The standard InChI is InChI=1S/C20H15BrN4O5/c21-16-5-1-15(2-6-16)13-30-18-8-3-14(4-9-18)12-22-23-19-10-7-17(24(26)27)11-20(19)25(28)29/h1-12,23H,13H2/b22-12-. The summed E-state index contributed by atoms with van der Waals surface area (Å²) in [6.07, 6.45) is 1.48. The quantitative estimate of drug-likeness (QED) is 0.271. The Morgan fingerprint density at radius 3 is 2.30 bits per heavy atom. The summed E-state index contributed by atoms with van der Waals surface area (Å²) in [6.45, 7) is 0.437. The molecule has 0 fully saturated rings. The number of anilines is 1. The summed E-state index contributed by atoms with van der Waals surface area (Å²) in [5.41, 5.74) is 3.58. The minimum Gasteiger partial charge on any atom is -0.489 e. The Labute approximate surface area is 179 Å². The first-order valence-electron chi connectivity index (χ1n) is 8.61. The van der Waals surface area contributed by atoms with Crippen molar-refractivity contribution in [3.05, 3.63) is 103 Å². The van der Waals surface area contributed by atoms with Gasteiger partial charge in [0.2, 0.25) is 0 Å². The molecule has 0 radical (unpaired) electrons. The van der Waals surface area contributed by atoms with Crippen LogP contribution in [0.2, 0.25) is 0 Å². The fourth-order valence-corrected chi connectivity index (χ4v) is 2.72. The number of nitro groups is 2. The number of ether oxygens (including phenoxy) is 1. The second-order valence-electron chi connectivity index (χ2n) is 6.07. The monoisotopic (exact) mass is 470 g/mol. The van der Waals surface area contributed by atoms with Gasteiger partial charge in [-0.1, -0.05) is 28.1 Å². The number of hydrogen-bond donors (Lipinski definition) is 1. The SMILES string of the molecule is O=[N+]([O-])c1ccc(N/N=C\c2ccc(OCc3ccc(Br)cc3)cc2)c([N+](=O)[O-])c1. The van der Waals surface area contributed by atoms with Crippen molar-refractivity contribution < 1.29 is 14.6 Å². The molecule has 0 aliphatic rings. The maximum absolute atomic E-state index is 11.1. The minimum atomic E-state index is -0.706. The van der Waals surface area contributed by atoms with E-state index in [2.05, 4.69) is 26.5 Å². The minimum absolute atomic E-state index is 0.0521. The maximum atomic E-state index is 11.1. The van der Waals surface area contributed by atoms with Crippen molar-refractivity contribution in [1.29, 1.82) is 0 Å². The molecule has 0 aliphatic carbocycles. The van der Waals surface area contributed by atoms with Gasteiger partial charge in [-0.3, -0.25) is 25.7 Å². The van der Waals surface area contributed by atoms with Crippen LogP contribution in [-0.4, -0.2) is 16.1 Å². The first-order valence-corrected chi connectivity index (χ1v) is 9.41. The number of rotatable bonds is 8. The molecule has 0 aromatic heterocycles. The number of benzene rings is 3. The molecule has 0 saturated heterocycles. The Kier molecular flexibility index (Phi) is 6.71. The summed E-state index contributed by atoms with van der Waals surface area (Å²) >= 11 is 3.39. The molecule has 3 rings (SSSR count). The third kappa shape index (κ3) is 5.61. The third-order valence-electron chi connectivity index (χ3n) is 3.99. The van der Waals surface area contributed by atoms with Gasteiger partial charge in [0.1, 0.15) is 18.0 Å². The van der Waals surface area contributed by atoms with Crippen molar-refractivity contribution in [1.82, 2.24) is 0 Å². The van der Waals surface area contributed by atoms with Crippen LogP contribution in [0.5, 0.6) is 5.75 Å². The van der Waals surface area contributed by atoms with Gasteiger partial charge in [0.15, 0.2) is 0 Å². The lowest BCUT2D eigenvalue weighted by atomic mass is 10.2. The number of hydrazone groups is 1. The van der Waals surface area contributed by atoms with E-state index in [0.29, 0.717) is 12.4 Å². The zero-order valence-corrected chi connectivity index (χ0v) is 17.0. The summed E-state index contributed by atoms with van der Waals surface area (Å²) in [4.78, 5) is 20.5. The van der Waals surface area contributed by atoms with E-state index in [1.54, 1.807) is 24.3 Å². The van der Waals surface area contributed by atoms with Gasteiger partial charge in [0, 0.05) is 10.5 Å². The van der Waals surface area contributed by atoms with Crippen LogP contribution in [0, 0.1) is 20.2 Å². The summed E-state index contributed by atoms with van der Waals surface area (Å²) in [6, 6.07) is 18.3. The normalized spacial score (nSPS) is 10.7. The van der Waals surface area contributed by atoms with Crippen molar-refractivity contribution in [3.8, 4) is 5.75 Å². The van der Waals surface area contributed by atoms with Crippen molar-refractivity contribution in [3.63, 3.8) is 0 Å². The summed E-state index contributed by atoms with van der Waals surface area (Å²) in [7, 11) is 0. The van der Waals surface area contributed by atoms with Crippen molar-refractivity contribution in [2.24, 2.45) is 5.10 Å². The zero-order chi connectivity index (χ0) is 21.5. The molecule has 0 unspecified atom stereocenters. The Hall–Kier alpha value is -3.79. The van der Waals surface area contributed by atoms with E-state index in [0.717, 1.165) is 21.7 Å². The highest BCUT2D eigenvalue weighted by Crippen LogP contribution is 2.28. The molecule has 0 bridgehead atoms. The molecular weight excluding hydrogens is 456 g/mol. The molecule has 3 aromatic carbocycles. The van der Waals surface area contributed by atoms with Gasteiger partial charge in [-0.25, -0.2) is 0 Å². The number of nitro benzene ring substituents is 2. The molecule has 3 aromatic rings. The molecule has 0 saturated carbocycles. The van der Waals surface area contributed by atoms with Gasteiger partial charge >= 0.3 is 5.69 Å². The van der Waals surface area contributed by atoms with Crippen LogP contribution in [0.3, 0.4) is 0 Å². The average molecular weight is 471 g/mol. The van der Waals surface area contributed by atoms with Crippen molar-refractivity contribution in [2.75, 3.05) is 5.43 Å². The number of nitrogens with zero attached hydrogens (tertiary/aromatic N) is 3. The second-order valence-corrected chi connectivity index (χ2v) is 6.99. The van der Waals surface area contributed by atoms with Gasteiger partial charge < -0.3 is 4.74 Å².